The van der Waals surface area contributed by atoms with Crippen LogP contribution in [0.4, 0.5) is 11.4 Å². The number of aryl methyl sites for hydroxylation is 1. The van der Waals surface area contributed by atoms with Crippen LogP contribution in [-0.4, -0.2) is 97.2 Å². The first kappa shape index (κ1) is 72.6. The number of hydrogen-bond acceptors (Lipinski definition) is 13. The van der Waals surface area contributed by atoms with Gasteiger partial charge in [0, 0.05) is 54.9 Å². The Morgan fingerprint density at radius 3 is 2.08 bits per heavy atom. The Bertz CT molecular complexity index is 3740. The molecule has 2 heterocycles. The second kappa shape index (κ2) is 31.1. The summed E-state index contributed by atoms with van der Waals surface area (Å²) in [6.07, 6.45) is 12.0. The summed E-state index contributed by atoms with van der Waals surface area (Å²) in [5.74, 6) is -0.0843. The molecule has 6 aromatic carbocycles. The van der Waals surface area contributed by atoms with Gasteiger partial charge >= 0.3 is 154 Å². The number of unbranched alkanes of at least 4 members (excludes halogenated alkanes) is 2. The molecule has 0 aliphatic carbocycles. The first-order valence-corrected chi connectivity index (χ1v) is 30.0. The van der Waals surface area contributed by atoms with Crippen molar-refractivity contribution in [1.82, 2.24) is 15.9 Å². The van der Waals surface area contributed by atoms with Gasteiger partial charge in [0.25, 0.3) is 5.91 Å². The minimum absolute atomic E-state index is 0. The molecular weight excluding hydrogens is 1180 g/mol. The predicted molar refractivity (Wildman–Crippen MR) is 313 cm³/mol. The molecule has 0 bridgehead atoms. The molecule has 0 saturated carbocycles. The molecule has 3 N–H and O–H groups in total. The van der Waals surface area contributed by atoms with E-state index in [9.17, 15) is 40.7 Å². The Labute approximate surface area is 622 Å². The number of amides is 2. The number of nitrogens with zero attached hydrogens (tertiary/aromatic N) is 3. The minimum Gasteiger partial charge on any atom is -0.754 e. The van der Waals surface area contributed by atoms with Gasteiger partial charge in [0.1, 0.15) is 28.5 Å². The van der Waals surface area contributed by atoms with Crippen LogP contribution in [0.3, 0.4) is 0 Å². The number of anilines is 1. The zero-order valence-electron chi connectivity index (χ0n) is 50.3. The average Bonchev–Trinajstić information content (AvgIpc) is 2.13. The maximum absolute atomic E-state index is 13.3. The number of methoxy groups -OCH3 is 1. The average molecular weight is 1260 g/mol. The Balaban J connectivity index is 0.00000430. The third-order valence-corrected chi connectivity index (χ3v) is 17.1. The molecule has 0 spiro atoms. The monoisotopic (exact) mass is 1250 g/mol. The number of hydrogen-bond donors (Lipinski definition) is 3. The topological polar surface area (TPSA) is 221 Å². The van der Waals surface area contributed by atoms with E-state index in [1.54, 1.807) is 24.7 Å². The Kier molecular flexibility index (Phi) is 26.9. The normalized spacial score (nSPS) is 15.4. The van der Waals surface area contributed by atoms with Gasteiger partial charge < -0.3 is 24.1 Å². The van der Waals surface area contributed by atoms with Crippen LogP contribution in [0.5, 0.6) is 5.75 Å². The zero-order valence-corrected chi connectivity index (χ0v) is 61.3. The van der Waals surface area contributed by atoms with Crippen LogP contribution in [-0.2, 0) is 52.0 Å². The Hall–Kier alpha value is -2.12. The van der Waals surface area contributed by atoms with Gasteiger partial charge in [0.05, 0.1) is 40.2 Å². The SMILES string of the molecule is CCN1/C(=C/C=C/C=C/C2=[N+](CCCCCC(=O)NCC[C@H](C(=O)NO)N(Cc3ccc(-c4ccc(OC)cc4)cc3)OC(C)C)c3ccc4c(S(=O)(=O)[O-])c[c-]cc4c3C2(C)C)C(C)(C)c2c1ccc1c(C)cc(S(=O)(=O)[O-])cc21.[K+].[K+].[K+]. The van der Waals surface area contributed by atoms with E-state index in [4.69, 9.17) is 9.57 Å². The van der Waals surface area contributed by atoms with Crippen molar-refractivity contribution in [2.75, 3.05) is 31.6 Å². The second-order valence-corrected chi connectivity index (χ2v) is 24.6. The minimum atomic E-state index is -4.81. The predicted octanol–water partition coefficient (Wildman–Crippen LogP) is 1.57. The van der Waals surface area contributed by atoms with Crippen molar-refractivity contribution in [3.63, 3.8) is 0 Å². The number of nitrogens with one attached hydrogen (secondary N) is 2. The van der Waals surface area contributed by atoms with E-state index in [1.165, 1.54) is 23.3 Å². The third kappa shape index (κ3) is 16.4. The molecule has 0 saturated heterocycles. The molecule has 16 nitrogen and oxygen atoms in total. The number of carbonyl (C=O) groups is 2. The molecule has 8 rings (SSSR count). The van der Waals surface area contributed by atoms with Crippen LogP contribution in [0.15, 0.2) is 143 Å². The van der Waals surface area contributed by atoms with Crippen molar-refractivity contribution >= 4 is 70.7 Å². The van der Waals surface area contributed by atoms with E-state index >= 15 is 0 Å². The quantitative estimate of drug-likeness (QED) is 0.0121. The molecule has 2 amide bonds. The summed E-state index contributed by atoms with van der Waals surface area (Å²) < 4.78 is 81.5. The molecule has 84 heavy (non-hydrogen) atoms. The molecule has 0 fully saturated rings. The van der Waals surface area contributed by atoms with Gasteiger partial charge in [-0.15, -0.1) is 10.8 Å². The molecular formula is C63H71K3N5O11S2+. The van der Waals surface area contributed by atoms with E-state index in [0.717, 1.165) is 67.1 Å². The maximum atomic E-state index is 13.3. The molecule has 0 radical (unpaired) electrons. The van der Waals surface area contributed by atoms with Gasteiger partial charge in [-0.2, -0.15) is 27.8 Å². The van der Waals surface area contributed by atoms with Gasteiger partial charge in [-0.1, -0.05) is 80.6 Å². The summed E-state index contributed by atoms with van der Waals surface area (Å²) >= 11 is 0. The number of likely N-dealkylation sites (N-methyl/N-ethyl adjacent to an activating group) is 1. The summed E-state index contributed by atoms with van der Waals surface area (Å²) in [5.41, 5.74) is 9.70. The van der Waals surface area contributed by atoms with Crippen molar-refractivity contribution in [2.24, 2.45) is 0 Å². The van der Waals surface area contributed by atoms with E-state index in [-0.39, 0.29) is 202 Å². The third-order valence-electron chi connectivity index (χ3n) is 15.4. The van der Waals surface area contributed by atoms with Gasteiger partial charge in [0.2, 0.25) is 5.91 Å². The summed E-state index contributed by atoms with van der Waals surface area (Å²) in [5, 5.41) is 16.8. The number of hydroxylamine groups is 3. The van der Waals surface area contributed by atoms with Crippen molar-refractivity contribution < 1.29 is 209 Å². The Morgan fingerprint density at radius 1 is 0.798 bits per heavy atom. The number of benzene rings is 6. The molecule has 2 aliphatic heterocycles. The fraction of sp³-hybridized carbons (Fsp3) is 0.349. The molecule has 6 aromatic rings. The summed E-state index contributed by atoms with van der Waals surface area (Å²) in [6, 6.07) is 31.0. The van der Waals surface area contributed by atoms with Gasteiger partial charge in [0.15, 0.2) is 11.4 Å². The van der Waals surface area contributed by atoms with Crippen LogP contribution < -0.4 is 175 Å². The summed E-state index contributed by atoms with van der Waals surface area (Å²) in [4.78, 5) is 34.1. The van der Waals surface area contributed by atoms with Crippen LogP contribution in [0.1, 0.15) is 103 Å². The first-order valence-electron chi connectivity index (χ1n) is 27.2. The first-order chi connectivity index (χ1) is 38.4. The van der Waals surface area contributed by atoms with Crippen LogP contribution in [0, 0.1) is 13.0 Å². The van der Waals surface area contributed by atoms with Crippen LogP contribution in [0.2, 0.25) is 0 Å². The fourth-order valence-corrected chi connectivity index (χ4v) is 12.8. The Morgan fingerprint density at radius 2 is 1.46 bits per heavy atom. The molecule has 21 heteroatoms. The summed E-state index contributed by atoms with van der Waals surface area (Å²) in [7, 11) is -7.88. The van der Waals surface area contributed by atoms with E-state index < -0.39 is 43.0 Å². The molecule has 428 valence electrons. The maximum Gasteiger partial charge on any atom is 1.00 e. The number of fused-ring (bicyclic) bond motifs is 6. The largest absolute Gasteiger partial charge is 1.00 e. The van der Waals surface area contributed by atoms with Crippen LogP contribution >= 0.6 is 0 Å². The number of rotatable bonds is 23. The zero-order chi connectivity index (χ0) is 58.6. The smallest absolute Gasteiger partial charge is 0.754 e. The molecule has 0 aromatic heterocycles. The summed E-state index contributed by atoms with van der Waals surface area (Å²) in [6.45, 7) is 17.5. The standard InChI is InChI=1S/C63H73N5O11S2.3K/c1-10-66-52-33-31-48-42(4)38-47(80(72,73)74)39-51(48)60(52)62(5,6)56(66)20-13-11-14-21-57-63(7,8)59-50-18-17-19-55(81(75,76)77)49(50)32-34-53(59)67(57)37-16-12-15-22-58(69)64-36-35-54(61(70)65-71)68(79-41(2)3)40-43-23-25-44(26-24-43)45-27-29-46(78-9)30-28-45;;;/h11,13-14,18-21,23-34,38-39,41,54,71H,10,12,15-16,22,35-37,40H2,1-9H3,(H,64,69)(H,65,70)(H,72,73,74)(H,75,76,77);;;/q;3*+1/p-2/t54-;;;/m1.../s1. The molecule has 0 unspecified atom stereocenters. The van der Waals surface area contributed by atoms with E-state index in [1.807, 2.05) is 118 Å². The van der Waals surface area contributed by atoms with Gasteiger partial charge in [-0.05, 0) is 146 Å². The number of allylic oxidation sites excluding steroid dienone is 6. The molecule has 1 atom stereocenters. The van der Waals surface area contributed by atoms with Crippen molar-refractivity contribution in [3.05, 3.63) is 161 Å². The van der Waals surface area contributed by atoms with Crippen molar-refractivity contribution in [3.8, 4) is 16.9 Å². The van der Waals surface area contributed by atoms with Gasteiger partial charge in [-0.3, -0.25) is 28.1 Å². The van der Waals surface area contributed by atoms with Crippen LogP contribution in [0.25, 0.3) is 32.7 Å². The van der Waals surface area contributed by atoms with E-state index in [2.05, 4.69) is 55.5 Å². The number of carbonyl (C=O) groups excluding carboxylic acids is 2. The fourth-order valence-electron chi connectivity index (χ4n) is 11.6. The van der Waals surface area contributed by atoms with Gasteiger partial charge in [-0.25, -0.2) is 13.9 Å². The second-order valence-electron chi connectivity index (χ2n) is 21.9. The number of ether oxygens (including phenoxy) is 1. The van der Waals surface area contributed by atoms with Crippen molar-refractivity contribution in [1.29, 1.82) is 0 Å². The molecule has 2 aliphatic rings. The van der Waals surface area contributed by atoms with E-state index in [0.29, 0.717) is 48.7 Å². The van der Waals surface area contributed by atoms with Crippen molar-refractivity contribution in [2.45, 2.75) is 127 Å².